The second-order valence-corrected chi connectivity index (χ2v) is 5.29. The average Bonchev–Trinajstić information content (AvgIpc) is 2.47. The van der Waals surface area contributed by atoms with Crippen LogP contribution in [-0.4, -0.2) is 13.1 Å². The molecule has 1 unspecified atom stereocenters. The number of nitrogens with one attached hydrogen (secondary N) is 1. The van der Waals surface area contributed by atoms with Crippen LogP contribution in [0, 0.1) is 11.6 Å². The first kappa shape index (κ1) is 15.6. The molecule has 112 valence electrons. The largest absolute Gasteiger partial charge is 0.316 e. The van der Waals surface area contributed by atoms with Gasteiger partial charge in [0, 0.05) is 12.5 Å². The molecule has 0 saturated carbocycles. The first-order valence-corrected chi connectivity index (χ1v) is 7.39. The van der Waals surface area contributed by atoms with E-state index in [1.807, 2.05) is 18.2 Å². The molecular weight excluding hydrogens is 268 g/mol. The van der Waals surface area contributed by atoms with Crippen molar-refractivity contribution in [1.29, 1.82) is 0 Å². The summed E-state index contributed by atoms with van der Waals surface area (Å²) in [7, 11) is 0. The van der Waals surface area contributed by atoms with Crippen molar-refractivity contribution in [3.05, 3.63) is 71.3 Å². The summed E-state index contributed by atoms with van der Waals surface area (Å²) in [4.78, 5) is 0. The van der Waals surface area contributed by atoms with E-state index in [2.05, 4.69) is 12.2 Å². The maximum atomic E-state index is 13.3. The topological polar surface area (TPSA) is 12.0 Å². The summed E-state index contributed by atoms with van der Waals surface area (Å²) in [6.07, 6.45) is 1.80. The summed E-state index contributed by atoms with van der Waals surface area (Å²) < 4.78 is 26.4. The van der Waals surface area contributed by atoms with E-state index in [0.717, 1.165) is 37.1 Å². The Bertz CT molecular complexity index is 551. The van der Waals surface area contributed by atoms with Gasteiger partial charge in [0.05, 0.1) is 0 Å². The molecule has 1 nitrogen and oxygen atoms in total. The van der Waals surface area contributed by atoms with E-state index in [9.17, 15) is 8.78 Å². The van der Waals surface area contributed by atoms with E-state index in [0.29, 0.717) is 0 Å². The monoisotopic (exact) mass is 289 g/mol. The second-order valence-electron chi connectivity index (χ2n) is 5.29. The Labute approximate surface area is 125 Å². The fraction of sp³-hybridized carbons (Fsp3) is 0.333. The maximum Gasteiger partial charge on any atom is 0.123 e. The molecular formula is C18H21F2N. The standard InChI is InChI=1S/C18H21F2N/c1-2-10-21-13-16(15-6-8-17(19)9-7-15)11-14-4-3-5-18(20)12-14/h3-9,12,16,21H,2,10-11,13H2,1H3. The van der Waals surface area contributed by atoms with Crippen LogP contribution < -0.4 is 5.32 Å². The van der Waals surface area contributed by atoms with Crippen LogP contribution in [0.4, 0.5) is 8.78 Å². The van der Waals surface area contributed by atoms with Gasteiger partial charge in [-0.25, -0.2) is 8.78 Å². The number of halogens is 2. The van der Waals surface area contributed by atoms with Crippen LogP contribution in [-0.2, 0) is 6.42 Å². The van der Waals surface area contributed by atoms with Crippen molar-refractivity contribution in [2.45, 2.75) is 25.7 Å². The molecule has 21 heavy (non-hydrogen) atoms. The van der Waals surface area contributed by atoms with Gasteiger partial charge >= 0.3 is 0 Å². The zero-order chi connectivity index (χ0) is 15.1. The highest BCUT2D eigenvalue weighted by atomic mass is 19.1. The van der Waals surface area contributed by atoms with Gasteiger partial charge in [0.1, 0.15) is 11.6 Å². The van der Waals surface area contributed by atoms with Gasteiger partial charge in [0.2, 0.25) is 0 Å². The molecule has 2 rings (SSSR count). The molecule has 0 fully saturated rings. The average molecular weight is 289 g/mol. The van der Waals surface area contributed by atoms with E-state index >= 15 is 0 Å². The molecule has 0 aliphatic carbocycles. The van der Waals surface area contributed by atoms with Crippen LogP contribution in [0.3, 0.4) is 0 Å². The highest BCUT2D eigenvalue weighted by Crippen LogP contribution is 2.21. The SMILES string of the molecule is CCCNCC(Cc1cccc(F)c1)c1ccc(F)cc1. The molecule has 2 aromatic rings. The molecule has 0 aliphatic rings. The lowest BCUT2D eigenvalue weighted by molar-refractivity contribution is 0.570. The van der Waals surface area contributed by atoms with Gasteiger partial charge in [-0.2, -0.15) is 0 Å². The van der Waals surface area contributed by atoms with Crippen LogP contribution in [0.15, 0.2) is 48.5 Å². The Morgan fingerprint density at radius 3 is 2.43 bits per heavy atom. The maximum absolute atomic E-state index is 13.3. The van der Waals surface area contributed by atoms with E-state index < -0.39 is 0 Å². The van der Waals surface area contributed by atoms with E-state index in [1.54, 1.807) is 12.1 Å². The summed E-state index contributed by atoms with van der Waals surface area (Å²) in [5.74, 6) is -0.240. The Balaban J connectivity index is 2.13. The van der Waals surface area contributed by atoms with Crippen molar-refractivity contribution in [2.24, 2.45) is 0 Å². The predicted molar refractivity (Wildman–Crippen MR) is 82.4 cm³/mol. The normalized spacial score (nSPS) is 12.3. The summed E-state index contributed by atoms with van der Waals surface area (Å²) in [5.41, 5.74) is 2.03. The van der Waals surface area contributed by atoms with Crippen molar-refractivity contribution < 1.29 is 8.78 Å². The van der Waals surface area contributed by atoms with Crippen molar-refractivity contribution in [2.75, 3.05) is 13.1 Å². The fourth-order valence-electron chi connectivity index (χ4n) is 2.44. The van der Waals surface area contributed by atoms with Gasteiger partial charge in [0.25, 0.3) is 0 Å². The van der Waals surface area contributed by atoms with Gasteiger partial charge in [-0.1, -0.05) is 31.2 Å². The Hall–Kier alpha value is -1.74. The van der Waals surface area contributed by atoms with Crippen LogP contribution in [0.1, 0.15) is 30.4 Å². The van der Waals surface area contributed by atoms with Crippen LogP contribution in [0.5, 0.6) is 0 Å². The van der Waals surface area contributed by atoms with Gasteiger partial charge in [-0.15, -0.1) is 0 Å². The molecule has 0 aromatic heterocycles. The Kier molecular flexibility index (Phi) is 5.88. The minimum Gasteiger partial charge on any atom is -0.316 e. The zero-order valence-electron chi connectivity index (χ0n) is 12.3. The molecule has 1 atom stereocenters. The van der Waals surface area contributed by atoms with Gasteiger partial charge in [-0.05, 0) is 54.8 Å². The lowest BCUT2D eigenvalue weighted by atomic mass is 9.92. The zero-order valence-corrected chi connectivity index (χ0v) is 12.3. The third-order valence-electron chi connectivity index (χ3n) is 3.53. The lowest BCUT2D eigenvalue weighted by Crippen LogP contribution is -2.23. The first-order chi connectivity index (χ1) is 10.2. The summed E-state index contributed by atoms with van der Waals surface area (Å²) in [6, 6.07) is 13.3. The van der Waals surface area contributed by atoms with Crippen molar-refractivity contribution in [3.8, 4) is 0 Å². The quantitative estimate of drug-likeness (QED) is 0.750. The third-order valence-corrected chi connectivity index (χ3v) is 3.53. The summed E-state index contributed by atoms with van der Waals surface area (Å²) in [5, 5.41) is 3.40. The predicted octanol–water partition coefficient (Wildman–Crippen LogP) is 4.29. The summed E-state index contributed by atoms with van der Waals surface area (Å²) >= 11 is 0. The third kappa shape index (κ3) is 4.94. The van der Waals surface area contributed by atoms with Gasteiger partial charge in [-0.3, -0.25) is 0 Å². The minimum atomic E-state index is -0.232. The molecule has 1 N–H and O–H groups in total. The van der Waals surface area contributed by atoms with Crippen molar-refractivity contribution >= 4 is 0 Å². The minimum absolute atomic E-state index is 0.207. The number of hydrogen-bond donors (Lipinski definition) is 1. The number of hydrogen-bond acceptors (Lipinski definition) is 1. The van der Waals surface area contributed by atoms with E-state index in [-0.39, 0.29) is 17.6 Å². The molecule has 0 heterocycles. The first-order valence-electron chi connectivity index (χ1n) is 7.39. The highest BCUT2D eigenvalue weighted by molar-refractivity contribution is 5.25. The molecule has 0 bridgehead atoms. The smallest absolute Gasteiger partial charge is 0.123 e. The highest BCUT2D eigenvalue weighted by Gasteiger charge is 2.12. The Morgan fingerprint density at radius 1 is 1.00 bits per heavy atom. The van der Waals surface area contributed by atoms with Crippen molar-refractivity contribution in [1.82, 2.24) is 5.32 Å². The fourth-order valence-corrected chi connectivity index (χ4v) is 2.44. The van der Waals surface area contributed by atoms with Crippen LogP contribution >= 0.6 is 0 Å². The summed E-state index contributed by atoms with van der Waals surface area (Å²) in [6.45, 7) is 3.86. The Morgan fingerprint density at radius 2 is 1.76 bits per heavy atom. The molecule has 0 amide bonds. The number of benzene rings is 2. The lowest BCUT2D eigenvalue weighted by Gasteiger charge is -2.18. The molecule has 0 aliphatic heterocycles. The van der Waals surface area contributed by atoms with Crippen LogP contribution in [0.2, 0.25) is 0 Å². The molecule has 2 aromatic carbocycles. The van der Waals surface area contributed by atoms with E-state index in [1.165, 1.54) is 18.2 Å². The molecule has 0 radical (unpaired) electrons. The molecule has 0 saturated heterocycles. The molecule has 3 heteroatoms. The van der Waals surface area contributed by atoms with Crippen LogP contribution in [0.25, 0.3) is 0 Å². The van der Waals surface area contributed by atoms with Crippen molar-refractivity contribution in [3.63, 3.8) is 0 Å². The van der Waals surface area contributed by atoms with Gasteiger partial charge < -0.3 is 5.32 Å². The van der Waals surface area contributed by atoms with Gasteiger partial charge in [0.15, 0.2) is 0 Å². The molecule has 0 spiro atoms. The van der Waals surface area contributed by atoms with E-state index in [4.69, 9.17) is 0 Å². The second kappa shape index (κ2) is 7.89. The number of rotatable bonds is 7.